The molecule has 1 heteroatoms. The zero-order chi connectivity index (χ0) is 13.1. The van der Waals surface area contributed by atoms with E-state index in [4.69, 9.17) is 0 Å². The van der Waals surface area contributed by atoms with Gasteiger partial charge < -0.3 is 4.90 Å². The fourth-order valence-electron chi connectivity index (χ4n) is 2.54. The van der Waals surface area contributed by atoms with Crippen LogP contribution in [0.4, 0.5) is 0 Å². The number of nitrogens with zero attached hydrogens (tertiary/aromatic N) is 1. The van der Waals surface area contributed by atoms with E-state index in [1.807, 2.05) is 0 Å². The zero-order valence-electron chi connectivity index (χ0n) is 11.9. The maximum atomic E-state index is 2.36. The molecule has 2 rings (SSSR count). The van der Waals surface area contributed by atoms with Crippen LogP contribution in [0.15, 0.2) is 42.0 Å². The number of hydrogen-bond donors (Lipinski definition) is 0. The van der Waals surface area contributed by atoms with Crippen molar-refractivity contribution in [3.05, 3.63) is 53.1 Å². The molecule has 0 saturated heterocycles. The molecule has 0 bridgehead atoms. The first kappa shape index (κ1) is 13.1. The molecule has 0 radical (unpaired) electrons. The Hall–Kier alpha value is -1.34. The molecule has 0 aliphatic heterocycles. The van der Waals surface area contributed by atoms with Crippen molar-refractivity contribution in [3.63, 3.8) is 0 Å². The third-order valence-electron chi connectivity index (χ3n) is 3.37. The van der Waals surface area contributed by atoms with Crippen molar-refractivity contribution in [3.8, 4) is 0 Å². The Morgan fingerprint density at radius 2 is 1.89 bits per heavy atom. The van der Waals surface area contributed by atoms with Crippen LogP contribution in [0.25, 0.3) is 5.57 Å². The minimum atomic E-state index is 0.583. The van der Waals surface area contributed by atoms with E-state index in [-0.39, 0.29) is 0 Å². The first-order valence-electron chi connectivity index (χ1n) is 6.71. The Balaban J connectivity index is 2.25. The fourth-order valence-corrected chi connectivity index (χ4v) is 2.54. The first-order valence-corrected chi connectivity index (χ1v) is 6.71. The molecule has 0 saturated carbocycles. The summed E-state index contributed by atoms with van der Waals surface area (Å²) in [5, 5.41) is 0. The SMILES string of the molecule is CC(C)c1ccccc1C1=CC(CN(C)C)=CC1. The van der Waals surface area contributed by atoms with Crippen LogP contribution >= 0.6 is 0 Å². The molecule has 0 amide bonds. The molecule has 0 unspecified atom stereocenters. The molecule has 0 fully saturated rings. The fraction of sp³-hybridized carbons (Fsp3) is 0.412. The van der Waals surface area contributed by atoms with Crippen molar-refractivity contribution in [1.29, 1.82) is 0 Å². The Labute approximate surface area is 111 Å². The molecule has 0 heterocycles. The second-order valence-corrected chi connectivity index (χ2v) is 5.63. The van der Waals surface area contributed by atoms with Gasteiger partial charge in [-0.1, -0.05) is 50.3 Å². The summed E-state index contributed by atoms with van der Waals surface area (Å²) in [4.78, 5) is 2.22. The van der Waals surface area contributed by atoms with Crippen molar-refractivity contribution < 1.29 is 0 Å². The number of hydrogen-bond acceptors (Lipinski definition) is 1. The van der Waals surface area contributed by atoms with E-state index < -0.39 is 0 Å². The van der Waals surface area contributed by atoms with Gasteiger partial charge >= 0.3 is 0 Å². The quantitative estimate of drug-likeness (QED) is 0.767. The standard InChI is InChI=1S/C17H23N/c1-13(2)16-7-5-6-8-17(16)15-10-9-14(11-15)12-18(3)4/h5-9,11,13H,10,12H2,1-4H3. The van der Waals surface area contributed by atoms with Crippen LogP contribution in [0.1, 0.15) is 37.3 Å². The number of benzene rings is 1. The molecule has 1 nitrogen and oxygen atoms in total. The lowest BCUT2D eigenvalue weighted by atomic mass is 9.92. The summed E-state index contributed by atoms with van der Waals surface area (Å²) in [6.07, 6.45) is 5.79. The highest BCUT2D eigenvalue weighted by molar-refractivity contribution is 5.75. The molecule has 1 aliphatic rings. The summed E-state index contributed by atoms with van der Waals surface area (Å²) in [5.74, 6) is 0.583. The summed E-state index contributed by atoms with van der Waals surface area (Å²) >= 11 is 0. The first-order chi connectivity index (χ1) is 8.58. The van der Waals surface area contributed by atoms with Gasteiger partial charge in [0.15, 0.2) is 0 Å². The Bertz CT molecular complexity index is 478. The van der Waals surface area contributed by atoms with E-state index in [1.54, 1.807) is 0 Å². The van der Waals surface area contributed by atoms with Crippen LogP contribution in [0, 0.1) is 0 Å². The Morgan fingerprint density at radius 1 is 1.17 bits per heavy atom. The molecular formula is C17H23N. The van der Waals surface area contributed by atoms with Gasteiger partial charge in [0.05, 0.1) is 0 Å². The minimum Gasteiger partial charge on any atom is -0.305 e. The predicted octanol–water partition coefficient (Wildman–Crippen LogP) is 4.09. The second kappa shape index (κ2) is 5.53. The molecule has 0 spiro atoms. The van der Waals surface area contributed by atoms with Crippen molar-refractivity contribution in [2.45, 2.75) is 26.2 Å². The second-order valence-electron chi connectivity index (χ2n) is 5.63. The van der Waals surface area contributed by atoms with Gasteiger partial charge in [-0.05, 0) is 48.7 Å². The molecule has 0 atom stereocenters. The molecule has 18 heavy (non-hydrogen) atoms. The van der Waals surface area contributed by atoms with Crippen molar-refractivity contribution in [2.75, 3.05) is 20.6 Å². The van der Waals surface area contributed by atoms with Crippen LogP contribution in [0.5, 0.6) is 0 Å². The number of rotatable bonds is 4. The smallest absolute Gasteiger partial charge is 0.0224 e. The Kier molecular flexibility index (Phi) is 4.03. The molecule has 96 valence electrons. The maximum Gasteiger partial charge on any atom is 0.0224 e. The zero-order valence-corrected chi connectivity index (χ0v) is 11.9. The van der Waals surface area contributed by atoms with Crippen LogP contribution in [0.2, 0.25) is 0 Å². The van der Waals surface area contributed by atoms with E-state index in [2.05, 4.69) is 69.3 Å². The van der Waals surface area contributed by atoms with Crippen LogP contribution in [-0.4, -0.2) is 25.5 Å². The molecule has 0 aromatic heterocycles. The lowest BCUT2D eigenvalue weighted by Gasteiger charge is -2.13. The Morgan fingerprint density at radius 3 is 2.56 bits per heavy atom. The largest absolute Gasteiger partial charge is 0.305 e. The van der Waals surface area contributed by atoms with Crippen molar-refractivity contribution in [1.82, 2.24) is 4.90 Å². The molecular weight excluding hydrogens is 218 g/mol. The normalized spacial score (nSPS) is 15.2. The van der Waals surface area contributed by atoms with Gasteiger partial charge in [-0.15, -0.1) is 0 Å². The number of allylic oxidation sites excluding steroid dienone is 2. The van der Waals surface area contributed by atoms with E-state index in [9.17, 15) is 0 Å². The molecule has 1 aromatic rings. The molecule has 0 N–H and O–H groups in total. The maximum absolute atomic E-state index is 2.36. The summed E-state index contributed by atoms with van der Waals surface area (Å²) in [5.41, 5.74) is 5.80. The van der Waals surface area contributed by atoms with E-state index in [0.29, 0.717) is 5.92 Å². The van der Waals surface area contributed by atoms with Gasteiger partial charge in [-0.3, -0.25) is 0 Å². The highest BCUT2D eigenvalue weighted by Gasteiger charge is 2.13. The third-order valence-corrected chi connectivity index (χ3v) is 3.37. The highest BCUT2D eigenvalue weighted by Crippen LogP contribution is 2.32. The van der Waals surface area contributed by atoms with E-state index in [1.165, 1.54) is 22.3 Å². The van der Waals surface area contributed by atoms with Gasteiger partial charge in [0.2, 0.25) is 0 Å². The van der Waals surface area contributed by atoms with E-state index in [0.717, 1.165) is 13.0 Å². The van der Waals surface area contributed by atoms with Gasteiger partial charge in [0.25, 0.3) is 0 Å². The topological polar surface area (TPSA) is 3.24 Å². The van der Waals surface area contributed by atoms with E-state index >= 15 is 0 Å². The number of likely N-dealkylation sites (N-methyl/N-ethyl adjacent to an activating group) is 1. The summed E-state index contributed by atoms with van der Waals surface area (Å²) in [6, 6.07) is 8.80. The van der Waals surface area contributed by atoms with Gasteiger partial charge in [0, 0.05) is 6.54 Å². The van der Waals surface area contributed by atoms with Gasteiger partial charge in [-0.25, -0.2) is 0 Å². The van der Waals surface area contributed by atoms with Gasteiger partial charge in [0.1, 0.15) is 0 Å². The molecule has 1 aliphatic carbocycles. The average molecular weight is 241 g/mol. The third kappa shape index (κ3) is 2.91. The predicted molar refractivity (Wildman–Crippen MR) is 79.8 cm³/mol. The van der Waals surface area contributed by atoms with Crippen molar-refractivity contribution >= 4 is 5.57 Å². The van der Waals surface area contributed by atoms with Gasteiger partial charge in [-0.2, -0.15) is 0 Å². The summed E-state index contributed by atoms with van der Waals surface area (Å²) in [7, 11) is 4.24. The highest BCUT2D eigenvalue weighted by atomic mass is 15.0. The van der Waals surface area contributed by atoms with Crippen LogP contribution in [-0.2, 0) is 0 Å². The van der Waals surface area contributed by atoms with Crippen molar-refractivity contribution in [2.24, 2.45) is 0 Å². The average Bonchev–Trinajstić information content (AvgIpc) is 2.76. The van der Waals surface area contributed by atoms with Crippen LogP contribution in [0.3, 0.4) is 0 Å². The van der Waals surface area contributed by atoms with Crippen LogP contribution < -0.4 is 0 Å². The lowest BCUT2D eigenvalue weighted by molar-refractivity contribution is 0.449. The molecule has 1 aromatic carbocycles. The lowest BCUT2D eigenvalue weighted by Crippen LogP contribution is -2.13. The summed E-state index contributed by atoms with van der Waals surface area (Å²) in [6.45, 7) is 5.57. The summed E-state index contributed by atoms with van der Waals surface area (Å²) < 4.78 is 0. The monoisotopic (exact) mass is 241 g/mol. The minimum absolute atomic E-state index is 0.583.